The maximum absolute atomic E-state index is 6.77. The number of piperidine rings is 1. The molecular weight excluding hydrogens is 384 g/mol. The van der Waals surface area contributed by atoms with E-state index in [-0.39, 0.29) is 0 Å². The van der Waals surface area contributed by atoms with Crippen LogP contribution in [0.25, 0.3) is 0 Å². The third kappa shape index (κ3) is 4.47. The molecule has 166 valence electrons. The van der Waals surface area contributed by atoms with Gasteiger partial charge in [-0.15, -0.1) is 0 Å². The predicted molar refractivity (Wildman–Crippen MR) is 125 cm³/mol. The first kappa shape index (κ1) is 20.8. The molecule has 1 aliphatic carbocycles. The Morgan fingerprint density at radius 2 is 1.65 bits per heavy atom. The van der Waals surface area contributed by atoms with Gasteiger partial charge in [0.15, 0.2) is 0 Å². The minimum absolute atomic E-state index is 0.382. The molecule has 2 aliphatic heterocycles. The highest BCUT2D eigenvalue weighted by Crippen LogP contribution is 2.40. The van der Waals surface area contributed by atoms with E-state index >= 15 is 0 Å². The van der Waals surface area contributed by atoms with Gasteiger partial charge in [0.05, 0.1) is 7.11 Å². The Kier molecular flexibility index (Phi) is 6.20. The number of likely N-dealkylation sites (N-methyl/N-ethyl adjacent to an activating group) is 1. The van der Waals surface area contributed by atoms with Gasteiger partial charge in [-0.2, -0.15) is 0 Å². The summed E-state index contributed by atoms with van der Waals surface area (Å²) in [4.78, 5) is 2.43. The molecule has 4 nitrogen and oxygen atoms in total. The first-order valence-corrected chi connectivity index (χ1v) is 12.0. The van der Waals surface area contributed by atoms with Crippen LogP contribution in [0.2, 0.25) is 0 Å². The monoisotopic (exact) mass is 420 g/mol. The smallest absolute Gasteiger partial charge is 0.120 e. The van der Waals surface area contributed by atoms with Gasteiger partial charge in [-0.1, -0.05) is 24.6 Å². The fourth-order valence-electron chi connectivity index (χ4n) is 5.69. The second-order valence-corrected chi connectivity index (χ2v) is 9.74. The fraction of sp³-hybridized carbons (Fsp3) is 0.556. The number of rotatable bonds is 6. The predicted octanol–water partition coefficient (Wildman–Crippen LogP) is 4.82. The molecule has 5 rings (SSSR count). The number of methoxy groups -OCH3 is 1. The van der Waals surface area contributed by atoms with Crippen LogP contribution in [0.15, 0.2) is 42.5 Å². The van der Waals surface area contributed by atoms with Crippen LogP contribution in [-0.2, 0) is 6.54 Å². The lowest BCUT2D eigenvalue weighted by atomic mass is 9.74. The SMILES string of the molecule is COc1ccc(C2CN(C)Cc3cc(OC(C4CCC4)C4CCNCC4)ccc32)cc1. The fourth-order valence-corrected chi connectivity index (χ4v) is 5.69. The van der Waals surface area contributed by atoms with Gasteiger partial charge in [-0.25, -0.2) is 0 Å². The molecule has 0 bridgehead atoms. The highest BCUT2D eigenvalue weighted by molar-refractivity contribution is 5.45. The number of benzene rings is 2. The third-order valence-corrected chi connectivity index (χ3v) is 7.68. The Morgan fingerprint density at radius 1 is 0.935 bits per heavy atom. The van der Waals surface area contributed by atoms with Crippen LogP contribution in [-0.4, -0.2) is 44.8 Å². The van der Waals surface area contributed by atoms with Crippen LogP contribution in [0, 0.1) is 11.8 Å². The first-order chi connectivity index (χ1) is 15.2. The Balaban J connectivity index is 1.38. The van der Waals surface area contributed by atoms with Crippen LogP contribution >= 0.6 is 0 Å². The molecule has 2 fully saturated rings. The molecule has 0 amide bonds. The molecule has 2 aromatic rings. The van der Waals surface area contributed by atoms with Gasteiger partial charge >= 0.3 is 0 Å². The van der Waals surface area contributed by atoms with E-state index in [1.165, 1.54) is 48.8 Å². The van der Waals surface area contributed by atoms with Crippen molar-refractivity contribution in [1.82, 2.24) is 10.2 Å². The van der Waals surface area contributed by atoms with E-state index in [0.717, 1.165) is 43.6 Å². The number of nitrogens with zero attached hydrogens (tertiary/aromatic N) is 1. The molecule has 1 saturated heterocycles. The van der Waals surface area contributed by atoms with Crippen LogP contribution in [0.4, 0.5) is 0 Å². The lowest BCUT2D eigenvalue weighted by Gasteiger charge is -2.40. The van der Waals surface area contributed by atoms with Crippen molar-refractivity contribution < 1.29 is 9.47 Å². The average molecular weight is 421 g/mol. The molecule has 3 aliphatic rings. The zero-order valence-corrected chi connectivity index (χ0v) is 19.0. The van der Waals surface area contributed by atoms with Crippen molar-refractivity contribution in [2.24, 2.45) is 11.8 Å². The summed E-state index contributed by atoms with van der Waals surface area (Å²) in [6, 6.07) is 15.4. The van der Waals surface area contributed by atoms with Crippen LogP contribution in [0.1, 0.15) is 54.7 Å². The first-order valence-electron chi connectivity index (χ1n) is 12.0. The molecule has 2 atom stereocenters. The summed E-state index contributed by atoms with van der Waals surface area (Å²) in [6.45, 7) is 4.30. The van der Waals surface area contributed by atoms with Crippen molar-refractivity contribution in [2.45, 2.75) is 50.7 Å². The van der Waals surface area contributed by atoms with Crippen molar-refractivity contribution in [1.29, 1.82) is 0 Å². The Hall–Kier alpha value is -2.04. The summed E-state index contributed by atoms with van der Waals surface area (Å²) in [5.74, 6) is 3.81. The molecule has 0 spiro atoms. The molecule has 31 heavy (non-hydrogen) atoms. The van der Waals surface area contributed by atoms with Gasteiger partial charge in [0.2, 0.25) is 0 Å². The van der Waals surface area contributed by atoms with Crippen molar-refractivity contribution in [2.75, 3.05) is 33.8 Å². The summed E-state index contributed by atoms with van der Waals surface area (Å²) >= 11 is 0. The van der Waals surface area contributed by atoms with Gasteiger partial charge < -0.3 is 19.7 Å². The molecule has 2 heterocycles. The van der Waals surface area contributed by atoms with Gasteiger partial charge in [-0.3, -0.25) is 0 Å². The minimum atomic E-state index is 0.382. The summed E-state index contributed by atoms with van der Waals surface area (Å²) in [5.41, 5.74) is 4.20. The molecular formula is C27H36N2O2. The van der Waals surface area contributed by atoms with E-state index in [9.17, 15) is 0 Å². The minimum Gasteiger partial charge on any atom is -0.497 e. The van der Waals surface area contributed by atoms with Crippen molar-refractivity contribution in [3.8, 4) is 11.5 Å². The Bertz CT molecular complexity index is 871. The van der Waals surface area contributed by atoms with Crippen molar-refractivity contribution >= 4 is 0 Å². The second kappa shape index (κ2) is 9.22. The number of hydrogen-bond acceptors (Lipinski definition) is 4. The van der Waals surface area contributed by atoms with E-state index in [1.54, 1.807) is 7.11 Å². The summed E-state index contributed by atoms with van der Waals surface area (Å²) < 4.78 is 12.1. The molecule has 1 saturated carbocycles. The molecule has 0 radical (unpaired) electrons. The van der Waals surface area contributed by atoms with E-state index < -0.39 is 0 Å². The number of fused-ring (bicyclic) bond motifs is 1. The lowest BCUT2D eigenvalue weighted by molar-refractivity contribution is 0.0239. The molecule has 4 heteroatoms. The summed E-state index contributed by atoms with van der Waals surface area (Å²) in [5, 5.41) is 3.51. The van der Waals surface area contributed by atoms with Crippen LogP contribution < -0.4 is 14.8 Å². The maximum Gasteiger partial charge on any atom is 0.120 e. The van der Waals surface area contributed by atoms with E-state index in [0.29, 0.717) is 17.9 Å². The highest BCUT2D eigenvalue weighted by atomic mass is 16.5. The van der Waals surface area contributed by atoms with E-state index in [1.807, 2.05) is 0 Å². The van der Waals surface area contributed by atoms with Crippen molar-refractivity contribution in [3.05, 3.63) is 59.2 Å². The van der Waals surface area contributed by atoms with Gasteiger partial charge in [0, 0.05) is 19.0 Å². The average Bonchev–Trinajstić information content (AvgIpc) is 2.77. The largest absolute Gasteiger partial charge is 0.497 e. The summed E-state index contributed by atoms with van der Waals surface area (Å²) in [7, 11) is 3.94. The molecule has 2 aromatic carbocycles. The van der Waals surface area contributed by atoms with Crippen molar-refractivity contribution in [3.63, 3.8) is 0 Å². The van der Waals surface area contributed by atoms with E-state index in [4.69, 9.17) is 9.47 Å². The summed E-state index contributed by atoms with van der Waals surface area (Å²) in [6.07, 6.45) is 6.91. The number of nitrogens with one attached hydrogen (secondary N) is 1. The topological polar surface area (TPSA) is 33.7 Å². The zero-order chi connectivity index (χ0) is 21.2. The molecule has 2 unspecified atom stereocenters. The second-order valence-electron chi connectivity index (χ2n) is 9.74. The highest BCUT2D eigenvalue weighted by Gasteiger charge is 2.36. The normalized spacial score (nSPS) is 23.6. The zero-order valence-electron chi connectivity index (χ0n) is 19.0. The lowest BCUT2D eigenvalue weighted by Crippen LogP contribution is -2.43. The molecule has 0 aromatic heterocycles. The van der Waals surface area contributed by atoms with E-state index in [2.05, 4.69) is 59.7 Å². The van der Waals surface area contributed by atoms with Gasteiger partial charge in [-0.05, 0) is 98.6 Å². The Labute approximate surface area is 186 Å². The Morgan fingerprint density at radius 3 is 2.32 bits per heavy atom. The quantitative estimate of drug-likeness (QED) is 0.726. The number of hydrogen-bond donors (Lipinski definition) is 1. The number of ether oxygens (including phenoxy) is 2. The van der Waals surface area contributed by atoms with Crippen LogP contribution in [0.5, 0.6) is 11.5 Å². The van der Waals surface area contributed by atoms with Crippen LogP contribution in [0.3, 0.4) is 0 Å². The van der Waals surface area contributed by atoms with Gasteiger partial charge in [0.25, 0.3) is 0 Å². The van der Waals surface area contributed by atoms with Gasteiger partial charge in [0.1, 0.15) is 17.6 Å². The third-order valence-electron chi connectivity index (χ3n) is 7.68. The maximum atomic E-state index is 6.77. The standard InChI is InChI=1S/C27H36N2O2/c1-29-17-22-16-24(31-27(20-4-3-5-20)21-12-14-28-15-13-21)10-11-25(22)26(18-29)19-6-8-23(30-2)9-7-19/h6-11,16,20-21,26-28H,3-5,12-15,17-18H2,1-2H3. The molecule has 1 N–H and O–H groups in total.